The van der Waals surface area contributed by atoms with Crippen molar-refractivity contribution in [2.75, 3.05) is 0 Å². The Hall–Kier alpha value is -0.300. The topological polar surface area (TPSA) is 43.8 Å². The Balaban J connectivity index is 2.46. The highest BCUT2D eigenvalue weighted by atomic mass is 127. The summed E-state index contributed by atoms with van der Waals surface area (Å²) in [5, 5.41) is 5.54. The molecule has 0 aliphatic rings. The van der Waals surface area contributed by atoms with Gasteiger partial charge >= 0.3 is 0 Å². The van der Waals surface area contributed by atoms with Crippen LogP contribution in [0.1, 0.15) is 30.6 Å². The molecule has 1 unspecified atom stereocenters. The molecule has 0 spiro atoms. The molecule has 0 amide bonds. The minimum atomic E-state index is -0.327. The first kappa shape index (κ1) is 15.1. The minimum absolute atomic E-state index is 0.327. The second-order valence-electron chi connectivity index (χ2n) is 4.24. The molecule has 1 atom stereocenters. The number of rotatable bonds is 4. The largest absolute Gasteiger partial charge is 0.319 e. The van der Waals surface area contributed by atoms with E-state index in [0.717, 1.165) is 27.8 Å². The van der Waals surface area contributed by atoms with Crippen molar-refractivity contribution in [1.29, 1.82) is 0 Å². The first-order valence-corrected chi connectivity index (χ1v) is 7.79. The van der Waals surface area contributed by atoms with Crippen LogP contribution in [0.5, 0.6) is 0 Å². The molecule has 2 rings (SSSR count). The highest BCUT2D eigenvalue weighted by molar-refractivity contribution is 14.1. The summed E-state index contributed by atoms with van der Waals surface area (Å²) in [6.07, 6.45) is 2.62. The molecule has 0 radical (unpaired) electrons. The second-order valence-corrected chi connectivity index (χ2v) is 6.25. The summed E-state index contributed by atoms with van der Waals surface area (Å²) in [4.78, 5) is 0. The summed E-state index contributed by atoms with van der Waals surface area (Å²) in [6, 6.07) is 5.36. The number of nitrogens with two attached hydrogens (primary N) is 1. The molecule has 19 heavy (non-hydrogen) atoms. The highest BCUT2D eigenvalue weighted by Gasteiger charge is 2.20. The van der Waals surface area contributed by atoms with Crippen LogP contribution in [0, 0.1) is 3.57 Å². The maximum Gasteiger partial charge on any atom is 0.0837 e. The van der Waals surface area contributed by atoms with Gasteiger partial charge in [-0.3, -0.25) is 4.68 Å². The Bertz CT molecular complexity index is 583. The number of nitrogens with zero attached hydrogens (tertiary/aromatic N) is 2. The van der Waals surface area contributed by atoms with Crippen molar-refractivity contribution in [3.05, 3.63) is 49.3 Å². The normalized spacial score (nSPS) is 12.7. The average molecular weight is 410 g/mol. The van der Waals surface area contributed by atoms with E-state index in [2.05, 4.69) is 34.6 Å². The van der Waals surface area contributed by atoms with Gasteiger partial charge in [0.05, 0.1) is 23.0 Å². The molecular weight excluding hydrogens is 396 g/mol. The van der Waals surface area contributed by atoms with E-state index in [0.29, 0.717) is 10.0 Å². The van der Waals surface area contributed by atoms with E-state index in [-0.39, 0.29) is 6.04 Å². The fourth-order valence-electron chi connectivity index (χ4n) is 1.97. The zero-order valence-corrected chi connectivity index (χ0v) is 14.1. The summed E-state index contributed by atoms with van der Waals surface area (Å²) in [6.45, 7) is 2.89. The predicted molar refractivity (Wildman–Crippen MR) is 87.7 cm³/mol. The molecule has 2 aromatic rings. The zero-order valence-electron chi connectivity index (χ0n) is 10.4. The van der Waals surface area contributed by atoms with Crippen LogP contribution in [-0.4, -0.2) is 9.78 Å². The summed E-state index contributed by atoms with van der Waals surface area (Å²) < 4.78 is 2.93. The molecule has 0 bridgehead atoms. The number of halogens is 3. The molecule has 2 N–H and O–H groups in total. The van der Waals surface area contributed by atoms with Crippen LogP contribution < -0.4 is 5.73 Å². The monoisotopic (exact) mass is 409 g/mol. The fourth-order valence-corrected chi connectivity index (χ4v) is 3.08. The maximum atomic E-state index is 6.35. The third-order valence-electron chi connectivity index (χ3n) is 2.86. The number of aromatic nitrogens is 2. The first-order chi connectivity index (χ1) is 9.04. The van der Waals surface area contributed by atoms with Crippen LogP contribution in [-0.2, 0) is 6.54 Å². The summed E-state index contributed by atoms with van der Waals surface area (Å²) >= 11 is 14.5. The van der Waals surface area contributed by atoms with Gasteiger partial charge in [0.15, 0.2) is 0 Å². The molecule has 1 aromatic heterocycles. The summed E-state index contributed by atoms with van der Waals surface area (Å²) in [5.41, 5.74) is 8.16. The smallest absolute Gasteiger partial charge is 0.0837 e. The van der Waals surface area contributed by atoms with Gasteiger partial charge in [0.1, 0.15) is 0 Å². The standard InChI is InChI=1S/C13H14Cl2IN3/c1-2-5-19-13(10(15)7-18-19)12(17)9-6-8(14)3-4-11(9)16/h3-4,6-7,12H,2,5,17H2,1H3. The Morgan fingerprint density at radius 2 is 2.16 bits per heavy atom. The summed E-state index contributed by atoms with van der Waals surface area (Å²) in [5.74, 6) is 0. The molecule has 1 aromatic carbocycles. The van der Waals surface area contributed by atoms with Crippen LogP contribution in [0.25, 0.3) is 0 Å². The SMILES string of the molecule is CCCn1ncc(Cl)c1C(N)c1cc(Cl)ccc1I. The third-order valence-corrected chi connectivity index (χ3v) is 4.37. The fraction of sp³-hybridized carbons (Fsp3) is 0.308. The number of aryl methyl sites for hydroxylation is 1. The van der Waals surface area contributed by atoms with Crippen molar-refractivity contribution in [3.63, 3.8) is 0 Å². The first-order valence-electron chi connectivity index (χ1n) is 5.96. The molecule has 0 saturated carbocycles. The van der Waals surface area contributed by atoms with Crippen molar-refractivity contribution >= 4 is 45.8 Å². The zero-order chi connectivity index (χ0) is 14.0. The Morgan fingerprint density at radius 3 is 2.84 bits per heavy atom. The lowest BCUT2D eigenvalue weighted by Gasteiger charge is -2.17. The Morgan fingerprint density at radius 1 is 1.42 bits per heavy atom. The van der Waals surface area contributed by atoms with Gasteiger partial charge in [0, 0.05) is 15.1 Å². The maximum absolute atomic E-state index is 6.35. The van der Waals surface area contributed by atoms with Crippen molar-refractivity contribution in [2.45, 2.75) is 25.9 Å². The van der Waals surface area contributed by atoms with Gasteiger partial charge < -0.3 is 5.73 Å². The summed E-state index contributed by atoms with van der Waals surface area (Å²) in [7, 11) is 0. The third kappa shape index (κ3) is 3.24. The van der Waals surface area contributed by atoms with E-state index in [9.17, 15) is 0 Å². The van der Waals surface area contributed by atoms with E-state index in [1.807, 2.05) is 22.9 Å². The van der Waals surface area contributed by atoms with Crippen LogP contribution in [0.2, 0.25) is 10.0 Å². The molecule has 102 valence electrons. The van der Waals surface area contributed by atoms with Gasteiger partial charge in [-0.15, -0.1) is 0 Å². The van der Waals surface area contributed by atoms with Crippen LogP contribution in [0.15, 0.2) is 24.4 Å². The van der Waals surface area contributed by atoms with Gasteiger partial charge in [0.25, 0.3) is 0 Å². The molecule has 0 saturated heterocycles. The number of hydrogen-bond donors (Lipinski definition) is 1. The van der Waals surface area contributed by atoms with E-state index >= 15 is 0 Å². The lowest BCUT2D eigenvalue weighted by Crippen LogP contribution is -2.19. The molecule has 0 fully saturated rings. The molecule has 3 nitrogen and oxygen atoms in total. The number of hydrogen-bond acceptors (Lipinski definition) is 2. The second kappa shape index (κ2) is 6.43. The lowest BCUT2D eigenvalue weighted by molar-refractivity contribution is 0.559. The molecule has 6 heteroatoms. The highest BCUT2D eigenvalue weighted by Crippen LogP contribution is 2.30. The van der Waals surface area contributed by atoms with E-state index in [4.69, 9.17) is 28.9 Å². The van der Waals surface area contributed by atoms with E-state index in [1.54, 1.807) is 6.20 Å². The van der Waals surface area contributed by atoms with Crippen LogP contribution >= 0.6 is 45.8 Å². The molecular formula is C13H14Cl2IN3. The number of benzene rings is 1. The van der Waals surface area contributed by atoms with Crippen LogP contribution in [0.3, 0.4) is 0 Å². The van der Waals surface area contributed by atoms with Crippen molar-refractivity contribution in [1.82, 2.24) is 9.78 Å². The van der Waals surface area contributed by atoms with Crippen molar-refractivity contribution in [3.8, 4) is 0 Å². The predicted octanol–water partition coefficient (Wildman–Crippen LogP) is 4.25. The Kier molecular flexibility index (Phi) is 5.11. The quantitative estimate of drug-likeness (QED) is 0.767. The molecule has 1 heterocycles. The molecule has 0 aliphatic heterocycles. The Labute approximate surface area is 136 Å². The van der Waals surface area contributed by atoms with Gasteiger partial charge in [-0.1, -0.05) is 30.1 Å². The van der Waals surface area contributed by atoms with Crippen molar-refractivity contribution in [2.24, 2.45) is 5.73 Å². The average Bonchev–Trinajstić information content (AvgIpc) is 2.73. The van der Waals surface area contributed by atoms with Gasteiger partial charge in [-0.05, 0) is 52.8 Å². The van der Waals surface area contributed by atoms with E-state index < -0.39 is 0 Å². The van der Waals surface area contributed by atoms with Gasteiger partial charge in [-0.25, -0.2) is 0 Å². The molecule has 0 aliphatic carbocycles. The van der Waals surface area contributed by atoms with Crippen molar-refractivity contribution < 1.29 is 0 Å². The van der Waals surface area contributed by atoms with Gasteiger partial charge in [0.2, 0.25) is 0 Å². The van der Waals surface area contributed by atoms with Crippen LogP contribution in [0.4, 0.5) is 0 Å². The van der Waals surface area contributed by atoms with Gasteiger partial charge in [-0.2, -0.15) is 5.10 Å². The lowest BCUT2D eigenvalue weighted by atomic mass is 10.0. The minimum Gasteiger partial charge on any atom is -0.319 e. The van der Waals surface area contributed by atoms with E-state index in [1.165, 1.54) is 0 Å².